The van der Waals surface area contributed by atoms with Gasteiger partial charge in [-0.2, -0.15) is 0 Å². The number of aryl methyl sites for hydroxylation is 1. The zero-order valence-corrected chi connectivity index (χ0v) is 15.4. The lowest BCUT2D eigenvalue weighted by Crippen LogP contribution is -2.16. The minimum Gasteiger partial charge on any atom is -0.497 e. The Morgan fingerprint density at radius 2 is 1.78 bits per heavy atom. The van der Waals surface area contributed by atoms with Crippen molar-refractivity contribution in [3.05, 3.63) is 77.7 Å². The molecule has 0 aliphatic heterocycles. The quantitative estimate of drug-likeness (QED) is 0.670. The van der Waals surface area contributed by atoms with Gasteiger partial charge in [0.15, 0.2) is 0 Å². The van der Waals surface area contributed by atoms with E-state index < -0.39 is 0 Å². The first kappa shape index (κ1) is 18.4. The third-order valence-corrected chi connectivity index (χ3v) is 3.98. The monoisotopic (exact) mass is 362 g/mol. The van der Waals surface area contributed by atoms with Crippen molar-refractivity contribution in [3.8, 4) is 5.75 Å². The molecule has 0 aliphatic rings. The molecule has 6 heteroatoms. The number of anilines is 2. The van der Waals surface area contributed by atoms with Gasteiger partial charge in [0.05, 0.1) is 7.11 Å². The summed E-state index contributed by atoms with van der Waals surface area (Å²) in [5.41, 5.74) is 2.25. The van der Waals surface area contributed by atoms with Crippen LogP contribution in [0, 0.1) is 6.92 Å². The first-order valence-corrected chi connectivity index (χ1v) is 8.73. The predicted molar refractivity (Wildman–Crippen MR) is 106 cm³/mol. The molecule has 3 aromatic rings. The number of nitrogens with one attached hydrogen (secondary N) is 2. The normalized spacial score (nSPS) is 10.3. The average molecular weight is 362 g/mol. The Kier molecular flexibility index (Phi) is 5.99. The van der Waals surface area contributed by atoms with Gasteiger partial charge in [-0.25, -0.2) is 9.97 Å². The van der Waals surface area contributed by atoms with Gasteiger partial charge in [-0.1, -0.05) is 30.3 Å². The smallest absolute Gasteiger partial charge is 0.274 e. The number of hydrogen-bond donors (Lipinski definition) is 2. The van der Waals surface area contributed by atoms with E-state index in [1.54, 1.807) is 20.1 Å². The molecule has 2 aromatic carbocycles. The standard InChI is InChI=1S/C21H22N4O2/c1-15-23-19(21(26)25-17-6-4-3-5-7-17)14-20(24-15)22-13-12-16-8-10-18(27-2)11-9-16/h3-11,14H,12-13H2,1-2H3,(H,25,26)(H,22,23,24). The maximum absolute atomic E-state index is 12.4. The molecule has 3 rings (SSSR count). The van der Waals surface area contributed by atoms with Crippen molar-refractivity contribution >= 4 is 17.4 Å². The summed E-state index contributed by atoms with van der Waals surface area (Å²) in [4.78, 5) is 21.0. The van der Waals surface area contributed by atoms with Gasteiger partial charge >= 0.3 is 0 Å². The molecule has 0 aliphatic carbocycles. The van der Waals surface area contributed by atoms with Crippen molar-refractivity contribution in [2.24, 2.45) is 0 Å². The molecule has 6 nitrogen and oxygen atoms in total. The van der Waals surface area contributed by atoms with Crippen molar-refractivity contribution in [2.75, 3.05) is 24.3 Å². The van der Waals surface area contributed by atoms with Gasteiger partial charge in [-0.05, 0) is 43.2 Å². The molecule has 1 heterocycles. The summed E-state index contributed by atoms with van der Waals surface area (Å²) >= 11 is 0. The van der Waals surface area contributed by atoms with Crippen LogP contribution in [0.5, 0.6) is 5.75 Å². The Morgan fingerprint density at radius 3 is 2.48 bits per heavy atom. The summed E-state index contributed by atoms with van der Waals surface area (Å²) in [6.45, 7) is 2.47. The van der Waals surface area contributed by atoms with Gasteiger partial charge in [0, 0.05) is 18.3 Å². The molecule has 0 atom stereocenters. The molecule has 0 saturated carbocycles. The van der Waals surface area contributed by atoms with Crippen molar-refractivity contribution < 1.29 is 9.53 Å². The summed E-state index contributed by atoms with van der Waals surface area (Å²) in [6.07, 6.45) is 0.832. The molecule has 0 radical (unpaired) electrons. The van der Waals surface area contributed by atoms with E-state index in [1.165, 1.54) is 5.56 Å². The lowest BCUT2D eigenvalue weighted by molar-refractivity contribution is 0.102. The number of benzene rings is 2. The van der Waals surface area contributed by atoms with E-state index in [0.29, 0.717) is 23.9 Å². The van der Waals surface area contributed by atoms with Gasteiger partial charge in [-0.3, -0.25) is 4.79 Å². The van der Waals surface area contributed by atoms with Crippen LogP contribution in [0.3, 0.4) is 0 Å². The van der Waals surface area contributed by atoms with E-state index in [4.69, 9.17) is 4.74 Å². The maximum Gasteiger partial charge on any atom is 0.274 e. The molecule has 0 spiro atoms. The van der Waals surface area contributed by atoms with Crippen LogP contribution in [0.2, 0.25) is 0 Å². The highest BCUT2D eigenvalue weighted by Crippen LogP contribution is 2.13. The van der Waals surface area contributed by atoms with E-state index in [0.717, 1.165) is 17.9 Å². The van der Waals surface area contributed by atoms with Crippen LogP contribution >= 0.6 is 0 Å². The van der Waals surface area contributed by atoms with Crippen molar-refractivity contribution in [2.45, 2.75) is 13.3 Å². The third kappa shape index (κ3) is 5.28. The number of carbonyl (C=O) groups excluding carboxylic acids is 1. The number of amides is 1. The summed E-state index contributed by atoms with van der Waals surface area (Å²) in [6, 6.07) is 18.9. The van der Waals surface area contributed by atoms with E-state index in [-0.39, 0.29) is 5.91 Å². The second-order valence-corrected chi connectivity index (χ2v) is 6.03. The average Bonchev–Trinajstić information content (AvgIpc) is 2.69. The fourth-order valence-electron chi connectivity index (χ4n) is 2.62. The number of ether oxygens (including phenoxy) is 1. The number of nitrogens with zero attached hydrogens (tertiary/aromatic N) is 2. The third-order valence-electron chi connectivity index (χ3n) is 3.98. The van der Waals surface area contributed by atoms with E-state index in [2.05, 4.69) is 20.6 Å². The van der Waals surface area contributed by atoms with Crippen LogP contribution < -0.4 is 15.4 Å². The van der Waals surface area contributed by atoms with Crippen LogP contribution in [0.25, 0.3) is 0 Å². The fourth-order valence-corrected chi connectivity index (χ4v) is 2.62. The molecule has 138 valence electrons. The van der Waals surface area contributed by atoms with Gasteiger partial charge in [-0.15, -0.1) is 0 Å². The van der Waals surface area contributed by atoms with Gasteiger partial charge < -0.3 is 15.4 Å². The molecular formula is C21H22N4O2. The van der Waals surface area contributed by atoms with Gasteiger partial charge in [0.1, 0.15) is 23.1 Å². The highest BCUT2D eigenvalue weighted by Gasteiger charge is 2.11. The lowest BCUT2D eigenvalue weighted by atomic mass is 10.1. The number of para-hydroxylation sites is 1. The Morgan fingerprint density at radius 1 is 1.04 bits per heavy atom. The van der Waals surface area contributed by atoms with E-state index >= 15 is 0 Å². The summed E-state index contributed by atoms with van der Waals surface area (Å²) in [5.74, 6) is 1.76. The second-order valence-electron chi connectivity index (χ2n) is 6.03. The Labute approximate surface area is 158 Å². The number of rotatable bonds is 7. The van der Waals surface area contributed by atoms with Crippen LogP contribution in [0.15, 0.2) is 60.7 Å². The zero-order chi connectivity index (χ0) is 19.1. The molecule has 0 unspecified atom stereocenters. The van der Waals surface area contributed by atoms with Crippen LogP contribution in [-0.2, 0) is 6.42 Å². The number of carbonyl (C=O) groups is 1. The molecule has 2 N–H and O–H groups in total. The fraction of sp³-hybridized carbons (Fsp3) is 0.190. The number of hydrogen-bond acceptors (Lipinski definition) is 5. The van der Waals surface area contributed by atoms with Gasteiger partial charge in [0.25, 0.3) is 5.91 Å². The molecule has 27 heavy (non-hydrogen) atoms. The summed E-state index contributed by atoms with van der Waals surface area (Å²) in [5, 5.41) is 6.10. The van der Waals surface area contributed by atoms with E-state index in [9.17, 15) is 4.79 Å². The Bertz CT molecular complexity index is 896. The SMILES string of the molecule is COc1ccc(CCNc2cc(C(=O)Nc3ccccc3)nc(C)n2)cc1. The minimum absolute atomic E-state index is 0.259. The maximum atomic E-state index is 12.4. The van der Waals surface area contributed by atoms with E-state index in [1.807, 2.05) is 54.6 Å². The van der Waals surface area contributed by atoms with Crippen LogP contribution in [0.1, 0.15) is 21.9 Å². The predicted octanol–water partition coefficient (Wildman–Crippen LogP) is 3.70. The summed E-state index contributed by atoms with van der Waals surface area (Å²) in [7, 11) is 1.65. The topological polar surface area (TPSA) is 76.1 Å². The Balaban J connectivity index is 1.61. The molecule has 1 aromatic heterocycles. The molecular weight excluding hydrogens is 340 g/mol. The highest BCUT2D eigenvalue weighted by atomic mass is 16.5. The summed E-state index contributed by atoms with van der Waals surface area (Å²) < 4.78 is 5.16. The van der Waals surface area contributed by atoms with Crippen molar-refractivity contribution in [1.82, 2.24) is 9.97 Å². The molecule has 0 fully saturated rings. The molecule has 0 bridgehead atoms. The van der Waals surface area contributed by atoms with Gasteiger partial charge in [0.2, 0.25) is 0 Å². The zero-order valence-electron chi connectivity index (χ0n) is 15.4. The first-order chi connectivity index (χ1) is 13.1. The largest absolute Gasteiger partial charge is 0.497 e. The number of methoxy groups -OCH3 is 1. The highest BCUT2D eigenvalue weighted by molar-refractivity contribution is 6.03. The van der Waals surface area contributed by atoms with Crippen molar-refractivity contribution in [3.63, 3.8) is 0 Å². The lowest BCUT2D eigenvalue weighted by Gasteiger charge is -2.09. The molecule has 0 saturated heterocycles. The number of aromatic nitrogens is 2. The Hall–Kier alpha value is -3.41. The first-order valence-electron chi connectivity index (χ1n) is 8.73. The second kappa shape index (κ2) is 8.80. The van der Waals surface area contributed by atoms with Crippen LogP contribution in [-0.4, -0.2) is 29.5 Å². The minimum atomic E-state index is -0.259. The van der Waals surface area contributed by atoms with Crippen molar-refractivity contribution in [1.29, 1.82) is 0 Å². The van der Waals surface area contributed by atoms with Crippen LogP contribution in [0.4, 0.5) is 11.5 Å². The molecule has 1 amide bonds.